The van der Waals surface area contributed by atoms with E-state index in [-0.39, 0.29) is 12.2 Å². The molecule has 2 aromatic rings. The summed E-state index contributed by atoms with van der Waals surface area (Å²) < 4.78 is 26.6. The van der Waals surface area contributed by atoms with Gasteiger partial charge >= 0.3 is 5.69 Å². The minimum absolute atomic E-state index is 0.00672. The summed E-state index contributed by atoms with van der Waals surface area (Å²) in [7, 11) is -4.01. The number of aryl methyl sites for hydroxylation is 1. The molecule has 0 saturated heterocycles. The summed E-state index contributed by atoms with van der Waals surface area (Å²) in [5.74, 6) is 0. The fraction of sp³-hybridized carbons (Fsp3) is 0.231. The summed E-state index contributed by atoms with van der Waals surface area (Å²) in [5.41, 5.74) is -0.796. The van der Waals surface area contributed by atoms with Gasteiger partial charge in [-0.1, -0.05) is 23.7 Å². The van der Waals surface area contributed by atoms with Crippen LogP contribution in [0.3, 0.4) is 0 Å². The number of benzene rings is 1. The molecule has 1 heterocycles. The molecule has 3 N–H and O–H groups in total. The van der Waals surface area contributed by atoms with Crippen molar-refractivity contribution in [1.82, 2.24) is 14.7 Å². The number of rotatable bonds is 5. The Morgan fingerprint density at radius 1 is 1.14 bits per heavy atom. The Labute approximate surface area is 131 Å². The number of aromatic amines is 2. The van der Waals surface area contributed by atoms with Crippen LogP contribution in [-0.2, 0) is 16.4 Å². The normalized spacial score (nSPS) is 11.5. The van der Waals surface area contributed by atoms with Crippen molar-refractivity contribution in [3.8, 4) is 0 Å². The number of hydrogen-bond donors (Lipinski definition) is 3. The highest BCUT2D eigenvalue weighted by atomic mass is 35.5. The number of hydrogen-bond acceptors (Lipinski definition) is 4. The van der Waals surface area contributed by atoms with Crippen molar-refractivity contribution >= 4 is 21.6 Å². The van der Waals surface area contributed by atoms with Crippen molar-refractivity contribution in [3.63, 3.8) is 0 Å². The average molecular weight is 344 g/mol. The second-order valence-electron chi connectivity index (χ2n) is 4.64. The molecule has 9 heteroatoms. The van der Waals surface area contributed by atoms with Crippen LogP contribution in [0, 0.1) is 6.92 Å². The molecule has 0 amide bonds. The SMILES string of the molecule is Cc1[nH]c(=O)[nH]c(=O)c1S(=O)(=O)NCCc1ccc(Cl)cc1. The van der Waals surface area contributed by atoms with Crippen molar-refractivity contribution in [1.29, 1.82) is 0 Å². The molecule has 0 bridgehead atoms. The van der Waals surface area contributed by atoms with Crippen molar-refractivity contribution in [2.75, 3.05) is 6.54 Å². The van der Waals surface area contributed by atoms with Gasteiger partial charge in [-0.25, -0.2) is 17.9 Å². The Hall–Kier alpha value is -1.90. The molecule has 0 aliphatic heterocycles. The molecule has 118 valence electrons. The second kappa shape index (κ2) is 6.47. The Kier molecular flexibility index (Phi) is 4.84. The van der Waals surface area contributed by atoms with Gasteiger partial charge in [0.05, 0.1) is 0 Å². The minimum Gasteiger partial charge on any atom is -0.310 e. The van der Waals surface area contributed by atoms with Crippen LogP contribution in [0.2, 0.25) is 5.02 Å². The summed E-state index contributed by atoms with van der Waals surface area (Å²) >= 11 is 5.77. The monoisotopic (exact) mass is 343 g/mol. The highest BCUT2D eigenvalue weighted by Gasteiger charge is 2.21. The molecule has 0 radical (unpaired) electrons. The Bertz CT molecular complexity index is 885. The summed E-state index contributed by atoms with van der Waals surface area (Å²) in [4.78, 5) is 26.4. The van der Waals surface area contributed by atoms with E-state index < -0.39 is 26.2 Å². The predicted octanol–water partition coefficient (Wildman–Crippen LogP) is 0.546. The largest absolute Gasteiger partial charge is 0.325 e. The van der Waals surface area contributed by atoms with Gasteiger partial charge in [-0.15, -0.1) is 0 Å². The lowest BCUT2D eigenvalue weighted by Gasteiger charge is -2.08. The lowest BCUT2D eigenvalue weighted by molar-refractivity contribution is 0.578. The third-order valence-corrected chi connectivity index (χ3v) is 4.83. The Morgan fingerprint density at radius 2 is 1.77 bits per heavy atom. The molecule has 7 nitrogen and oxygen atoms in total. The van der Waals surface area contributed by atoms with Crippen LogP contribution in [0.5, 0.6) is 0 Å². The maximum absolute atomic E-state index is 12.2. The highest BCUT2D eigenvalue weighted by Crippen LogP contribution is 2.10. The summed E-state index contributed by atoms with van der Waals surface area (Å²) in [6.07, 6.45) is 0.441. The van der Waals surface area contributed by atoms with Crippen LogP contribution in [0.25, 0.3) is 0 Å². The minimum atomic E-state index is -4.01. The number of H-pyrrole nitrogens is 2. The standard InChI is InChI=1S/C13H14ClN3O4S/c1-8-11(12(18)17-13(19)16-8)22(20,21)15-7-6-9-2-4-10(14)5-3-9/h2-5,15H,6-7H2,1H3,(H2,16,17,18,19). The molecule has 0 fully saturated rings. The first-order chi connectivity index (χ1) is 10.3. The molecule has 0 aliphatic rings. The van der Waals surface area contributed by atoms with Crippen LogP contribution >= 0.6 is 11.6 Å². The second-order valence-corrected chi connectivity index (χ2v) is 6.78. The van der Waals surface area contributed by atoms with Crippen LogP contribution in [0.4, 0.5) is 0 Å². The molecule has 2 rings (SSSR count). The van der Waals surface area contributed by atoms with Gasteiger partial charge in [0.1, 0.15) is 0 Å². The zero-order valence-electron chi connectivity index (χ0n) is 11.6. The van der Waals surface area contributed by atoms with Crippen molar-refractivity contribution in [2.24, 2.45) is 0 Å². The highest BCUT2D eigenvalue weighted by molar-refractivity contribution is 7.89. The molecule has 0 spiro atoms. The first-order valence-corrected chi connectivity index (χ1v) is 8.23. The van der Waals surface area contributed by atoms with Crippen LogP contribution in [-0.4, -0.2) is 24.9 Å². The third-order valence-electron chi connectivity index (χ3n) is 2.96. The van der Waals surface area contributed by atoms with Crippen LogP contribution in [0.1, 0.15) is 11.3 Å². The lowest BCUT2D eigenvalue weighted by atomic mass is 10.2. The van der Waals surface area contributed by atoms with E-state index >= 15 is 0 Å². The lowest BCUT2D eigenvalue weighted by Crippen LogP contribution is -2.35. The fourth-order valence-electron chi connectivity index (χ4n) is 1.97. The van der Waals surface area contributed by atoms with E-state index in [1.165, 1.54) is 6.92 Å². The van der Waals surface area contributed by atoms with Gasteiger partial charge in [0, 0.05) is 17.3 Å². The maximum atomic E-state index is 12.2. The number of nitrogens with one attached hydrogen (secondary N) is 3. The first-order valence-electron chi connectivity index (χ1n) is 6.37. The molecular weight excluding hydrogens is 330 g/mol. The molecule has 22 heavy (non-hydrogen) atoms. The number of aromatic nitrogens is 2. The van der Waals surface area contributed by atoms with Crippen LogP contribution < -0.4 is 16.0 Å². The molecule has 0 unspecified atom stereocenters. The van der Waals surface area contributed by atoms with Gasteiger partial charge < -0.3 is 4.98 Å². The number of halogens is 1. The van der Waals surface area contributed by atoms with E-state index in [1.807, 2.05) is 4.98 Å². The van der Waals surface area contributed by atoms with Gasteiger partial charge in [-0.3, -0.25) is 9.78 Å². The van der Waals surface area contributed by atoms with E-state index in [2.05, 4.69) is 9.71 Å². The van der Waals surface area contributed by atoms with Gasteiger partial charge in [0.15, 0.2) is 4.90 Å². The van der Waals surface area contributed by atoms with Gasteiger partial charge in [0.25, 0.3) is 5.56 Å². The van der Waals surface area contributed by atoms with Gasteiger partial charge in [0.2, 0.25) is 10.0 Å². The summed E-state index contributed by atoms with van der Waals surface area (Å²) in [6, 6.07) is 6.99. The van der Waals surface area contributed by atoms with E-state index in [4.69, 9.17) is 11.6 Å². The van der Waals surface area contributed by atoms with E-state index in [1.54, 1.807) is 24.3 Å². The number of sulfonamides is 1. The molecule has 0 aliphatic carbocycles. The average Bonchev–Trinajstić information content (AvgIpc) is 2.39. The zero-order valence-corrected chi connectivity index (χ0v) is 13.2. The molecule has 0 saturated carbocycles. The molecule has 1 aromatic carbocycles. The van der Waals surface area contributed by atoms with E-state index in [9.17, 15) is 18.0 Å². The predicted molar refractivity (Wildman–Crippen MR) is 82.8 cm³/mol. The summed E-state index contributed by atoms with van der Waals surface area (Å²) in [5, 5.41) is 0.597. The van der Waals surface area contributed by atoms with Crippen molar-refractivity contribution in [3.05, 3.63) is 61.4 Å². The quantitative estimate of drug-likeness (QED) is 0.735. The Balaban J connectivity index is 2.14. The van der Waals surface area contributed by atoms with Gasteiger partial charge in [-0.05, 0) is 31.0 Å². The van der Waals surface area contributed by atoms with Crippen LogP contribution in [0.15, 0.2) is 38.8 Å². The molecular formula is C13H14ClN3O4S. The smallest absolute Gasteiger partial charge is 0.310 e. The first kappa shape index (κ1) is 16.5. The third kappa shape index (κ3) is 3.85. The molecule has 0 atom stereocenters. The van der Waals surface area contributed by atoms with Crippen molar-refractivity contribution < 1.29 is 8.42 Å². The van der Waals surface area contributed by atoms with Crippen molar-refractivity contribution in [2.45, 2.75) is 18.2 Å². The zero-order chi connectivity index (χ0) is 16.3. The van der Waals surface area contributed by atoms with Gasteiger partial charge in [-0.2, -0.15) is 0 Å². The summed E-state index contributed by atoms with van der Waals surface area (Å²) in [6.45, 7) is 1.46. The van der Waals surface area contributed by atoms with E-state index in [0.29, 0.717) is 11.4 Å². The molecule has 1 aromatic heterocycles. The van der Waals surface area contributed by atoms with E-state index in [0.717, 1.165) is 5.56 Å². The Morgan fingerprint density at radius 3 is 2.36 bits per heavy atom. The fourth-order valence-corrected chi connectivity index (χ4v) is 3.36. The topological polar surface area (TPSA) is 112 Å². The maximum Gasteiger partial charge on any atom is 0.325 e.